The Morgan fingerprint density at radius 3 is 2.74 bits per heavy atom. The number of rotatable bonds is 3. The van der Waals surface area contributed by atoms with Gasteiger partial charge in [0.1, 0.15) is 0 Å². The number of hydrogen-bond acceptors (Lipinski definition) is 3. The van der Waals surface area contributed by atoms with Gasteiger partial charge in [0.2, 0.25) is 5.91 Å². The van der Waals surface area contributed by atoms with Gasteiger partial charge in [-0.15, -0.1) is 12.4 Å². The third kappa shape index (κ3) is 3.28. The van der Waals surface area contributed by atoms with E-state index in [9.17, 15) is 4.79 Å². The fraction of sp³-hybridized carbons (Fsp3) is 0.692. The summed E-state index contributed by atoms with van der Waals surface area (Å²) in [7, 11) is 3.79. The van der Waals surface area contributed by atoms with E-state index in [2.05, 4.69) is 10.4 Å². The minimum Gasteiger partial charge on any atom is -0.343 e. The summed E-state index contributed by atoms with van der Waals surface area (Å²) in [5.74, 6) is 0.498. The van der Waals surface area contributed by atoms with Crippen molar-refractivity contribution in [3.63, 3.8) is 0 Å². The molecule has 1 aromatic rings. The second-order valence-electron chi connectivity index (χ2n) is 5.36. The van der Waals surface area contributed by atoms with E-state index in [4.69, 9.17) is 0 Å². The number of aromatic nitrogens is 2. The molecule has 6 heteroatoms. The van der Waals surface area contributed by atoms with Gasteiger partial charge in [-0.05, 0) is 19.4 Å². The highest BCUT2D eigenvalue weighted by Gasteiger charge is 2.36. The highest BCUT2D eigenvalue weighted by atomic mass is 35.5. The van der Waals surface area contributed by atoms with Gasteiger partial charge in [0.25, 0.3) is 0 Å². The molecule has 0 bridgehead atoms. The van der Waals surface area contributed by atoms with Crippen LogP contribution in [-0.2, 0) is 11.8 Å². The fourth-order valence-corrected chi connectivity index (χ4v) is 2.44. The van der Waals surface area contributed by atoms with Crippen LogP contribution in [0, 0.1) is 5.92 Å². The Labute approximate surface area is 120 Å². The third-order valence-electron chi connectivity index (χ3n) is 3.81. The Bertz CT molecular complexity index is 432. The van der Waals surface area contributed by atoms with Crippen molar-refractivity contribution < 1.29 is 4.79 Å². The maximum Gasteiger partial charge on any atom is 0.227 e. The molecule has 0 unspecified atom stereocenters. The maximum atomic E-state index is 12.4. The van der Waals surface area contributed by atoms with Gasteiger partial charge in [-0.2, -0.15) is 5.10 Å². The van der Waals surface area contributed by atoms with Crippen molar-refractivity contribution in [2.45, 2.75) is 25.8 Å². The molecule has 1 amide bonds. The molecule has 1 aliphatic rings. The van der Waals surface area contributed by atoms with Crippen molar-refractivity contribution in [3.8, 4) is 0 Å². The number of hydrogen-bond donors (Lipinski definition) is 1. The van der Waals surface area contributed by atoms with Crippen molar-refractivity contribution in [1.82, 2.24) is 20.0 Å². The second kappa shape index (κ2) is 6.39. The van der Waals surface area contributed by atoms with E-state index in [-0.39, 0.29) is 36.2 Å². The number of aryl methyl sites for hydroxylation is 1. The molecule has 1 saturated heterocycles. The molecule has 1 aromatic heterocycles. The third-order valence-corrected chi connectivity index (χ3v) is 3.81. The van der Waals surface area contributed by atoms with Crippen LogP contribution >= 0.6 is 12.4 Å². The minimum absolute atomic E-state index is 0. The molecule has 1 aliphatic heterocycles. The number of halogens is 1. The summed E-state index contributed by atoms with van der Waals surface area (Å²) < 4.78 is 1.79. The van der Waals surface area contributed by atoms with Gasteiger partial charge in [-0.3, -0.25) is 9.48 Å². The first-order valence-corrected chi connectivity index (χ1v) is 6.46. The smallest absolute Gasteiger partial charge is 0.227 e. The molecule has 2 heterocycles. The highest BCUT2D eigenvalue weighted by Crippen LogP contribution is 2.29. The van der Waals surface area contributed by atoms with Crippen molar-refractivity contribution in [3.05, 3.63) is 18.0 Å². The molecule has 0 spiro atoms. The lowest BCUT2D eigenvalue weighted by Crippen LogP contribution is -2.40. The van der Waals surface area contributed by atoms with Crippen LogP contribution in [0.3, 0.4) is 0 Å². The Morgan fingerprint density at radius 1 is 1.53 bits per heavy atom. The first-order chi connectivity index (χ1) is 8.50. The summed E-state index contributed by atoms with van der Waals surface area (Å²) in [6.45, 7) is 5.70. The van der Waals surface area contributed by atoms with E-state index in [0.29, 0.717) is 0 Å². The van der Waals surface area contributed by atoms with E-state index in [1.54, 1.807) is 4.68 Å². The van der Waals surface area contributed by atoms with Crippen LogP contribution in [0.25, 0.3) is 0 Å². The zero-order valence-electron chi connectivity index (χ0n) is 12.0. The van der Waals surface area contributed by atoms with Crippen LogP contribution in [0.15, 0.2) is 12.4 Å². The first kappa shape index (κ1) is 16.0. The molecule has 1 N–H and O–H groups in total. The molecule has 108 valence electrons. The minimum atomic E-state index is 0. The SMILES string of the molecule is CC(C)N(C)C(=O)[C@H]1CNC[C@@H]1c1cnn(C)c1.Cl. The molecule has 5 nitrogen and oxygen atoms in total. The van der Waals surface area contributed by atoms with E-state index >= 15 is 0 Å². The molecule has 2 rings (SSSR count). The Hall–Kier alpha value is -1.07. The van der Waals surface area contributed by atoms with E-state index in [1.807, 2.05) is 45.2 Å². The summed E-state index contributed by atoms with van der Waals surface area (Å²) in [5.41, 5.74) is 1.15. The average molecular weight is 287 g/mol. The number of amides is 1. The van der Waals surface area contributed by atoms with Crippen LogP contribution in [0.4, 0.5) is 0 Å². The molecular weight excluding hydrogens is 264 g/mol. The predicted octanol–water partition coefficient (Wildman–Crippen LogP) is 1.01. The van der Waals surface area contributed by atoms with Gasteiger partial charge in [0.05, 0.1) is 12.1 Å². The Kier molecular flexibility index (Phi) is 5.38. The first-order valence-electron chi connectivity index (χ1n) is 6.46. The zero-order chi connectivity index (χ0) is 13.3. The van der Waals surface area contributed by atoms with Crippen LogP contribution in [0.1, 0.15) is 25.3 Å². The number of carbonyl (C=O) groups excluding carboxylic acids is 1. The predicted molar refractivity (Wildman–Crippen MR) is 77.5 cm³/mol. The lowest BCUT2D eigenvalue weighted by Gasteiger charge is -2.27. The summed E-state index contributed by atoms with van der Waals surface area (Å²) in [5, 5.41) is 7.52. The molecule has 19 heavy (non-hydrogen) atoms. The van der Waals surface area contributed by atoms with Gasteiger partial charge < -0.3 is 10.2 Å². The lowest BCUT2D eigenvalue weighted by molar-refractivity contribution is -0.135. The summed E-state index contributed by atoms with van der Waals surface area (Å²) in [6.07, 6.45) is 3.88. The monoisotopic (exact) mass is 286 g/mol. The van der Waals surface area contributed by atoms with Gasteiger partial charge >= 0.3 is 0 Å². The summed E-state index contributed by atoms with van der Waals surface area (Å²) in [4.78, 5) is 14.3. The van der Waals surface area contributed by atoms with Gasteiger partial charge in [0, 0.05) is 45.3 Å². The van der Waals surface area contributed by atoms with Crippen LogP contribution in [0.5, 0.6) is 0 Å². The number of nitrogens with zero attached hydrogens (tertiary/aromatic N) is 3. The van der Waals surface area contributed by atoms with E-state index in [0.717, 1.165) is 18.7 Å². The molecule has 0 aromatic carbocycles. The van der Waals surface area contributed by atoms with E-state index < -0.39 is 0 Å². The van der Waals surface area contributed by atoms with Crippen LogP contribution in [0.2, 0.25) is 0 Å². The molecule has 1 fully saturated rings. The molecule has 0 saturated carbocycles. The standard InChI is InChI=1S/C13H22N4O.ClH/c1-9(2)17(4)13(18)12-7-14-6-11(12)10-5-15-16(3)8-10;/h5,8-9,11-12,14H,6-7H2,1-4H3;1H/t11-,12+;/m1./s1. The second-order valence-corrected chi connectivity index (χ2v) is 5.36. The fourth-order valence-electron chi connectivity index (χ4n) is 2.44. The number of carbonyl (C=O) groups is 1. The van der Waals surface area contributed by atoms with Crippen molar-refractivity contribution in [2.75, 3.05) is 20.1 Å². The quantitative estimate of drug-likeness (QED) is 0.902. The van der Waals surface area contributed by atoms with Crippen molar-refractivity contribution >= 4 is 18.3 Å². The maximum absolute atomic E-state index is 12.4. The van der Waals surface area contributed by atoms with Gasteiger partial charge in [0.15, 0.2) is 0 Å². The van der Waals surface area contributed by atoms with Gasteiger partial charge in [-0.25, -0.2) is 0 Å². The van der Waals surface area contributed by atoms with E-state index in [1.165, 1.54) is 0 Å². The van der Waals surface area contributed by atoms with Crippen LogP contribution < -0.4 is 5.32 Å². The Balaban J connectivity index is 0.00000180. The number of nitrogens with one attached hydrogen (secondary N) is 1. The molecular formula is C13H23ClN4O. The largest absolute Gasteiger partial charge is 0.343 e. The molecule has 0 aliphatic carbocycles. The summed E-state index contributed by atoms with van der Waals surface area (Å²) >= 11 is 0. The lowest BCUT2D eigenvalue weighted by atomic mass is 9.89. The zero-order valence-corrected chi connectivity index (χ0v) is 12.8. The molecule has 0 radical (unpaired) electrons. The Morgan fingerprint density at radius 2 is 2.21 bits per heavy atom. The normalized spacial score (nSPS) is 22.4. The van der Waals surface area contributed by atoms with Gasteiger partial charge in [-0.1, -0.05) is 0 Å². The average Bonchev–Trinajstić information content (AvgIpc) is 2.94. The summed E-state index contributed by atoms with van der Waals surface area (Å²) in [6, 6.07) is 0.243. The molecule has 2 atom stereocenters. The van der Waals surface area contributed by atoms with Crippen LogP contribution in [-0.4, -0.2) is 46.8 Å². The van der Waals surface area contributed by atoms with Crippen molar-refractivity contribution in [1.29, 1.82) is 0 Å². The highest BCUT2D eigenvalue weighted by molar-refractivity contribution is 5.85. The topological polar surface area (TPSA) is 50.2 Å². The van der Waals surface area contributed by atoms with Crippen molar-refractivity contribution in [2.24, 2.45) is 13.0 Å².